The maximum Gasteiger partial charge on any atom is 0.110 e. The number of aliphatic hydroxyl groups excluding tert-OH is 1. The first kappa shape index (κ1) is 6.01. The summed E-state index contributed by atoms with van der Waals surface area (Å²) in [7, 11) is 1.63. The van der Waals surface area contributed by atoms with Crippen LogP contribution in [0.3, 0.4) is 0 Å². The van der Waals surface area contributed by atoms with E-state index in [1.165, 1.54) is 0 Å². The van der Waals surface area contributed by atoms with Crippen molar-refractivity contribution >= 4 is 0 Å². The van der Waals surface area contributed by atoms with Crippen molar-refractivity contribution in [2.45, 2.75) is 18.8 Å². The SMILES string of the molecule is COC1CC(O)CN1. The smallest absolute Gasteiger partial charge is 0.110 e. The maximum atomic E-state index is 8.89. The predicted octanol–water partition coefficient (Wildman–Crippen LogP) is -0.687. The molecule has 48 valence electrons. The van der Waals surface area contributed by atoms with Crippen LogP contribution >= 0.6 is 0 Å². The van der Waals surface area contributed by atoms with Gasteiger partial charge in [0.1, 0.15) is 6.23 Å². The average molecular weight is 117 g/mol. The van der Waals surface area contributed by atoms with E-state index in [4.69, 9.17) is 9.84 Å². The molecule has 0 spiro atoms. The Hall–Kier alpha value is -0.120. The molecule has 2 unspecified atom stereocenters. The van der Waals surface area contributed by atoms with Crippen LogP contribution in [0.5, 0.6) is 0 Å². The van der Waals surface area contributed by atoms with Gasteiger partial charge < -0.3 is 9.84 Å². The van der Waals surface area contributed by atoms with Gasteiger partial charge in [0.05, 0.1) is 6.10 Å². The molecule has 2 N–H and O–H groups in total. The Labute approximate surface area is 48.7 Å². The van der Waals surface area contributed by atoms with Gasteiger partial charge in [-0.3, -0.25) is 5.32 Å². The van der Waals surface area contributed by atoms with E-state index in [-0.39, 0.29) is 12.3 Å². The second-order valence-corrected chi connectivity index (χ2v) is 2.02. The van der Waals surface area contributed by atoms with E-state index in [0.717, 1.165) is 6.42 Å². The van der Waals surface area contributed by atoms with Crippen LogP contribution in [0.15, 0.2) is 0 Å². The lowest BCUT2D eigenvalue weighted by Crippen LogP contribution is -2.22. The average Bonchev–Trinajstić information content (AvgIpc) is 2.14. The van der Waals surface area contributed by atoms with Crippen LogP contribution in [-0.4, -0.2) is 31.1 Å². The van der Waals surface area contributed by atoms with Gasteiger partial charge in [-0.2, -0.15) is 0 Å². The Morgan fingerprint density at radius 3 is 2.75 bits per heavy atom. The van der Waals surface area contributed by atoms with Gasteiger partial charge in [0, 0.05) is 20.1 Å². The largest absolute Gasteiger partial charge is 0.392 e. The fourth-order valence-electron chi connectivity index (χ4n) is 0.861. The van der Waals surface area contributed by atoms with Gasteiger partial charge in [-0.25, -0.2) is 0 Å². The van der Waals surface area contributed by atoms with Crippen molar-refractivity contribution in [3.63, 3.8) is 0 Å². The van der Waals surface area contributed by atoms with Gasteiger partial charge in [0.15, 0.2) is 0 Å². The summed E-state index contributed by atoms with van der Waals surface area (Å²) >= 11 is 0. The molecule has 0 amide bonds. The second kappa shape index (κ2) is 2.44. The van der Waals surface area contributed by atoms with Crippen molar-refractivity contribution in [3.05, 3.63) is 0 Å². The Bertz CT molecular complexity index is 76.8. The summed E-state index contributed by atoms with van der Waals surface area (Å²) in [6.07, 6.45) is 0.584. The molecule has 2 atom stereocenters. The van der Waals surface area contributed by atoms with E-state index in [1.54, 1.807) is 7.11 Å². The lowest BCUT2D eigenvalue weighted by molar-refractivity contribution is 0.0779. The van der Waals surface area contributed by atoms with E-state index in [9.17, 15) is 0 Å². The molecule has 0 bridgehead atoms. The monoisotopic (exact) mass is 117 g/mol. The summed E-state index contributed by atoms with van der Waals surface area (Å²) in [4.78, 5) is 0. The third-order valence-electron chi connectivity index (χ3n) is 1.35. The number of hydrogen-bond donors (Lipinski definition) is 2. The molecule has 1 aliphatic heterocycles. The number of aliphatic hydroxyl groups is 1. The fraction of sp³-hybridized carbons (Fsp3) is 1.00. The van der Waals surface area contributed by atoms with Crippen LogP contribution in [0.2, 0.25) is 0 Å². The molecule has 3 heteroatoms. The van der Waals surface area contributed by atoms with E-state index in [1.807, 2.05) is 0 Å². The maximum absolute atomic E-state index is 8.89. The van der Waals surface area contributed by atoms with Crippen LogP contribution in [0.25, 0.3) is 0 Å². The Morgan fingerprint density at radius 1 is 1.75 bits per heavy atom. The van der Waals surface area contributed by atoms with E-state index < -0.39 is 0 Å². The highest BCUT2D eigenvalue weighted by atomic mass is 16.5. The molecule has 8 heavy (non-hydrogen) atoms. The van der Waals surface area contributed by atoms with Gasteiger partial charge in [-0.05, 0) is 0 Å². The van der Waals surface area contributed by atoms with Gasteiger partial charge in [-0.1, -0.05) is 0 Å². The molecular weight excluding hydrogens is 106 g/mol. The van der Waals surface area contributed by atoms with E-state index >= 15 is 0 Å². The third-order valence-corrected chi connectivity index (χ3v) is 1.35. The van der Waals surface area contributed by atoms with Crippen LogP contribution in [0.1, 0.15) is 6.42 Å². The van der Waals surface area contributed by atoms with E-state index in [2.05, 4.69) is 5.32 Å². The summed E-state index contributed by atoms with van der Waals surface area (Å²) in [5.41, 5.74) is 0. The van der Waals surface area contributed by atoms with Gasteiger partial charge in [0.25, 0.3) is 0 Å². The topological polar surface area (TPSA) is 41.5 Å². The highest BCUT2D eigenvalue weighted by molar-refractivity contribution is 4.73. The Morgan fingerprint density at radius 2 is 2.50 bits per heavy atom. The zero-order valence-corrected chi connectivity index (χ0v) is 4.92. The summed E-state index contributed by atoms with van der Waals surface area (Å²) in [6.45, 7) is 0.665. The number of nitrogens with one attached hydrogen (secondary N) is 1. The predicted molar refractivity (Wildman–Crippen MR) is 29.4 cm³/mol. The minimum Gasteiger partial charge on any atom is -0.392 e. The summed E-state index contributed by atoms with van der Waals surface area (Å²) < 4.78 is 4.91. The number of methoxy groups -OCH3 is 1. The molecule has 1 saturated heterocycles. The van der Waals surface area contributed by atoms with Crippen molar-refractivity contribution in [1.29, 1.82) is 0 Å². The second-order valence-electron chi connectivity index (χ2n) is 2.02. The van der Waals surface area contributed by atoms with Crippen molar-refractivity contribution in [2.24, 2.45) is 0 Å². The quantitative estimate of drug-likeness (QED) is 0.478. The molecular formula is C5H11NO2. The molecule has 0 aliphatic carbocycles. The van der Waals surface area contributed by atoms with Gasteiger partial charge >= 0.3 is 0 Å². The van der Waals surface area contributed by atoms with Crippen LogP contribution in [0.4, 0.5) is 0 Å². The molecule has 0 aromatic carbocycles. The summed E-state index contributed by atoms with van der Waals surface area (Å²) in [6, 6.07) is 0. The molecule has 1 aliphatic rings. The molecule has 0 aromatic heterocycles. The lowest BCUT2D eigenvalue weighted by atomic mass is 10.3. The molecule has 0 saturated carbocycles. The lowest BCUT2D eigenvalue weighted by Gasteiger charge is -2.04. The first-order valence-electron chi connectivity index (χ1n) is 2.77. The number of hydrogen-bond acceptors (Lipinski definition) is 3. The standard InChI is InChI=1S/C5H11NO2/c1-8-5-2-4(7)3-6-5/h4-7H,2-3H2,1H3. The van der Waals surface area contributed by atoms with Crippen LogP contribution in [-0.2, 0) is 4.74 Å². The summed E-state index contributed by atoms with van der Waals surface area (Å²) in [5.74, 6) is 0. The first-order valence-corrected chi connectivity index (χ1v) is 2.77. The van der Waals surface area contributed by atoms with Crippen molar-refractivity contribution < 1.29 is 9.84 Å². The molecule has 0 aromatic rings. The fourth-order valence-corrected chi connectivity index (χ4v) is 0.861. The molecule has 1 heterocycles. The molecule has 3 nitrogen and oxygen atoms in total. The minimum absolute atomic E-state index is 0.0741. The van der Waals surface area contributed by atoms with Crippen molar-refractivity contribution in [2.75, 3.05) is 13.7 Å². The highest BCUT2D eigenvalue weighted by Crippen LogP contribution is 2.04. The zero-order valence-electron chi connectivity index (χ0n) is 4.92. The zero-order chi connectivity index (χ0) is 5.98. The molecule has 1 rings (SSSR count). The van der Waals surface area contributed by atoms with Gasteiger partial charge in [-0.15, -0.1) is 0 Å². The normalized spacial score (nSPS) is 38.2. The van der Waals surface area contributed by atoms with Crippen LogP contribution < -0.4 is 5.32 Å². The first-order chi connectivity index (χ1) is 3.83. The Kier molecular flexibility index (Phi) is 1.83. The number of ether oxygens (including phenoxy) is 1. The minimum atomic E-state index is -0.208. The Balaban J connectivity index is 2.22. The highest BCUT2D eigenvalue weighted by Gasteiger charge is 2.20. The molecule has 1 fully saturated rings. The van der Waals surface area contributed by atoms with Gasteiger partial charge in [0.2, 0.25) is 0 Å². The van der Waals surface area contributed by atoms with Crippen molar-refractivity contribution in [3.8, 4) is 0 Å². The molecule has 0 radical (unpaired) electrons. The summed E-state index contributed by atoms with van der Waals surface area (Å²) in [5, 5.41) is 11.9. The number of β-amino-alcohol motifs (C(OH)–C–C–N with tert-alkyl or cyclic N) is 1. The number of rotatable bonds is 1. The third kappa shape index (κ3) is 1.18. The van der Waals surface area contributed by atoms with Crippen molar-refractivity contribution in [1.82, 2.24) is 5.32 Å². The van der Waals surface area contributed by atoms with E-state index in [0.29, 0.717) is 6.54 Å². The van der Waals surface area contributed by atoms with Crippen LogP contribution in [0, 0.1) is 0 Å².